The fraction of sp³-hybridized carbons (Fsp3) is 0.0909. The molecule has 0 aliphatic carbocycles. The summed E-state index contributed by atoms with van der Waals surface area (Å²) < 4.78 is 13.5. The van der Waals surface area contributed by atoms with Crippen LogP contribution in [0.15, 0.2) is 77.3 Å². The summed E-state index contributed by atoms with van der Waals surface area (Å²) in [6, 6.07) is 24.6. The third-order valence-electron chi connectivity index (χ3n) is 4.20. The topological polar surface area (TPSA) is 18.5 Å². The molecular weight excluding hydrogens is 408 g/mol. The quantitative estimate of drug-likeness (QED) is 0.346. The Morgan fingerprint density at radius 3 is 2.35 bits per heavy atom. The first-order valence-electron chi connectivity index (χ1n) is 8.28. The number of benzene rings is 3. The summed E-state index contributed by atoms with van der Waals surface area (Å²) in [5.74, 6) is 1.75. The molecule has 4 aromatic rings. The average Bonchev–Trinajstić information content (AvgIpc) is 3.03. The highest BCUT2D eigenvalue weighted by atomic mass is 79.9. The van der Waals surface area contributed by atoms with Crippen molar-refractivity contribution in [3.63, 3.8) is 0 Å². The van der Waals surface area contributed by atoms with Gasteiger partial charge in [-0.15, -0.1) is 11.3 Å². The largest absolute Gasteiger partial charge is 0.497 e. The molecule has 4 rings (SSSR count). The Morgan fingerprint density at radius 2 is 1.62 bits per heavy atom. The molecule has 0 radical (unpaired) electrons. The third-order valence-corrected chi connectivity index (χ3v) is 6.49. The van der Waals surface area contributed by atoms with Crippen LogP contribution in [0.2, 0.25) is 0 Å². The Morgan fingerprint density at radius 1 is 0.885 bits per heavy atom. The standard InChI is InChI=1S/C22H17BrO2S/c1-24-17-9-7-16(8-10-17)22-21(23)19-12-11-18(13-20(19)26-22)25-14-15-5-3-2-4-6-15/h2-13H,14H2,1H3. The fourth-order valence-electron chi connectivity index (χ4n) is 2.80. The molecule has 130 valence electrons. The van der Waals surface area contributed by atoms with Crippen LogP contribution >= 0.6 is 27.3 Å². The molecule has 26 heavy (non-hydrogen) atoms. The van der Waals surface area contributed by atoms with E-state index in [1.165, 1.54) is 26.1 Å². The van der Waals surface area contributed by atoms with E-state index in [-0.39, 0.29) is 0 Å². The van der Waals surface area contributed by atoms with Crippen molar-refractivity contribution in [2.75, 3.05) is 7.11 Å². The Bertz CT molecular complexity index is 1020. The van der Waals surface area contributed by atoms with E-state index in [4.69, 9.17) is 9.47 Å². The Labute approximate surface area is 165 Å². The van der Waals surface area contributed by atoms with Crippen LogP contribution in [0, 0.1) is 0 Å². The molecule has 0 aliphatic heterocycles. The van der Waals surface area contributed by atoms with Gasteiger partial charge < -0.3 is 9.47 Å². The lowest BCUT2D eigenvalue weighted by Gasteiger charge is -2.06. The minimum absolute atomic E-state index is 0.574. The molecule has 0 spiro atoms. The van der Waals surface area contributed by atoms with Gasteiger partial charge in [0.05, 0.1) is 7.11 Å². The van der Waals surface area contributed by atoms with Crippen LogP contribution in [0.25, 0.3) is 20.5 Å². The second-order valence-electron chi connectivity index (χ2n) is 5.91. The van der Waals surface area contributed by atoms with Gasteiger partial charge in [-0.25, -0.2) is 0 Å². The molecule has 0 bridgehead atoms. The molecule has 1 heterocycles. The summed E-state index contributed by atoms with van der Waals surface area (Å²) in [6.45, 7) is 0.574. The van der Waals surface area contributed by atoms with Crippen LogP contribution in [-0.2, 0) is 6.61 Å². The van der Waals surface area contributed by atoms with E-state index in [1.54, 1.807) is 18.4 Å². The van der Waals surface area contributed by atoms with Crippen LogP contribution in [-0.4, -0.2) is 7.11 Å². The number of halogens is 1. The van der Waals surface area contributed by atoms with Gasteiger partial charge in [0.25, 0.3) is 0 Å². The Kier molecular flexibility index (Phi) is 4.96. The van der Waals surface area contributed by atoms with E-state index in [0.717, 1.165) is 16.0 Å². The minimum atomic E-state index is 0.574. The second-order valence-corrected chi connectivity index (χ2v) is 7.75. The van der Waals surface area contributed by atoms with Crippen molar-refractivity contribution >= 4 is 37.4 Å². The van der Waals surface area contributed by atoms with Crippen molar-refractivity contribution in [2.45, 2.75) is 6.61 Å². The van der Waals surface area contributed by atoms with Gasteiger partial charge in [-0.1, -0.05) is 30.3 Å². The molecule has 3 aromatic carbocycles. The fourth-order valence-corrected chi connectivity index (χ4v) is 4.88. The molecule has 0 aliphatic rings. The van der Waals surface area contributed by atoms with Crippen LogP contribution in [0.4, 0.5) is 0 Å². The molecule has 0 saturated carbocycles. The van der Waals surface area contributed by atoms with Crippen molar-refractivity contribution in [2.24, 2.45) is 0 Å². The summed E-state index contributed by atoms with van der Waals surface area (Å²) in [6.07, 6.45) is 0. The number of ether oxygens (including phenoxy) is 2. The zero-order valence-electron chi connectivity index (χ0n) is 14.2. The van der Waals surface area contributed by atoms with Crippen molar-refractivity contribution in [3.8, 4) is 21.9 Å². The van der Waals surface area contributed by atoms with E-state index in [0.29, 0.717) is 6.61 Å². The summed E-state index contributed by atoms with van der Waals surface area (Å²) >= 11 is 5.52. The van der Waals surface area contributed by atoms with Gasteiger partial charge >= 0.3 is 0 Å². The molecular formula is C22H17BrO2S. The summed E-state index contributed by atoms with van der Waals surface area (Å²) in [5.41, 5.74) is 2.34. The third kappa shape index (κ3) is 3.48. The smallest absolute Gasteiger partial charge is 0.121 e. The molecule has 0 amide bonds. The summed E-state index contributed by atoms with van der Waals surface area (Å²) in [7, 11) is 1.68. The van der Waals surface area contributed by atoms with Crippen molar-refractivity contribution in [1.82, 2.24) is 0 Å². The molecule has 0 N–H and O–H groups in total. The highest BCUT2D eigenvalue weighted by Gasteiger charge is 2.12. The van der Waals surface area contributed by atoms with Crippen LogP contribution in [0.3, 0.4) is 0 Å². The van der Waals surface area contributed by atoms with Crippen LogP contribution in [0.1, 0.15) is 5.56 Å². The summed E-state index contributed by atoms with van der Waals surface area (Å²) in [5, 5.41) is 1.20. The SMILES string of the molecule is COc1ccc(-c2sc3cc(OCc4ccccc4)ccc3c2Br)cc1. The van der Waals surface area contributed by atoms with E-state index in [2.05, 4.69) is 52.3 Å². The first-order chi connectivity index (χ1) is 12.7. The van der Waals surface area contributed by atoms with E-state index in [1.807, 2.05) is 36.4 Å². The van der Waals surface area contributed by atoms with Crippen molar-refractivity contribution < 1.29 is 9.47 Å². The van der Waals surface area contributed by atoms with E-state index >= 15 is 0 Å². The van der Waals surface area contributed by atoms with Gasteiger partial charge in [-0.3, -0.25) is 0 Å². The van der Waals surface area contributed by atoms with Gasteiger partial charge in [-0.2, -0.15) is 0 Å². The lowest BCUT2D eigenvalue weighted by atomic mass is 10.1. The zero-order valence-corrected chi connectivity index (χ0v) is 16.6. The maximum absolute atomic E-state index is 5.96. The van der Waals surface area contributed by atoms with E-state index in [9.17, 15) is 0 Å². The van der Waals surface area contributed by atoms with Crippen molar-refractivity contribution in [1.29, 1.82) is 0 Å². The first kappa shape index (κ1) is 17.1. The van der Waals surface area contributed by atoms with Gasteiger partial charge in [-0.05, 0) is 69.5 Å². The molecule has 0 atom stereocenters. The molecule has 0 saturated heterocycles. The Hall–Kier alpha value is -2.30. The number of hydrogen-bond donors (Lipinski definition) is 0. The van der Waals surface area contributed by atoms with Gasteiger partial charge in [0.15, 0.2) is 0 Å². The summed E-state index contributed by atoms with van der Waals surface area (Å²) in [4.78, 5) is 1.21. The normalized spacial score (nSPS) is 10.8. The molecule has 4 heteroatoms. The lowest BCUT2D eigenvalue weighted by Crippen LogP contribution is -1.94. The number of hydrogen-bond acceptors (Lipinski definition) is 3. The predicted octanol–water partition coefficient (Wildman–Crippen LogP) is 6.92. The minimum Gasteiger partial charge on any atom is -0.497 e. The number of thiophene rings is 1. The predicted molar refractivity (Wildman–Crippen MR) is 112 cm³/mol. The monoisotopic (exact) mass is 424 g/mol. The van der Waals surface area contributed by atoms with Gasteiger partial charge in [0.1, 0.15) is 18.1 Å². The second kappa shape index (κ2) is 7.52. The van der Waals surface area contributed by atoms with Crippen molar-refractivity contribution in [3.05, 3.63) is 82.8 Å². The Balaban J connectivity index is 1.62. The molecule has 1 aromatic heterocycles. The van der Waals surface area contributed by atoms with Crippen LogP contribution < -0.4 is 9.47 Å². The van der Waals surface area contributed by atoms with Gasteiger partial charge in [0, 0.05) is 19.4 Å². The number of methoxy groups -OCH3 is 1. The maximum Gasteiger partial charge on any atom is 0.121 e. The number of rotatable bonds is 5. The maximum atomic E-state index is 5.96. The molecule has 0 unspecified atom stereocenters. The first-order valence-corrected chi connectivity index (χ1v) is 9.89. The average molecular weight is 425 g/mol. The highest BCUT2D eigenvalue weighted by Crippen LogP contribution is 2.43. The number of fused-ring (bicyclic) bond motifs is 1. The van der Waals surface area contributed by atoms with Gasteiger partial charge in [0.2, 0.25) is 0 Å². The van der Waals surface area contributed by atoms with Crippen LogP contribution in [0.5, 0.6) is 11.5 Å². The molecule has 2 nitrogen and oxygen atoms in total. The highest BCUT2D eigenvalue weighted by molar-refractivity contribution is 9.10. The lowest BCUT2D eigenvalue weighted by molar-refractivity contribution is 0.306. The zero-order chi connectivity index (χ0) is 17.9. The molecule has 0 fully saturated rings. The van der Waals surface area contributed by atoms with E-state index < -0.39 is 0 Å².